The van der Waals surface area contributed by atoms with Crippen molar-refractivity contribution in [3.63, 3.8) is 0 Å². The third-order valence-electron chi connectivity index (χ3n) is 4.66. The molecule has 7 heteroatoms. The fraction of sp³-hybridized carbons (Fsp3) is 0.625. The quantitative estimate of drug-likeness (QED) is 0.825. The first kappa shape index (κ1) is 14.3. The molecule has 0 radical (unpaired) electrons. The maximum absolute atomic E-state index is 13.3. The third-order valence-corrected chi connectivity index (χ3v) is 4.66. The minimum atomic E-state index is -3.27. The van der Waals surface area contributed by atoms with Crippen LogP contribution in [0.5, 0.6) is 0 Å². The molecule has 1 heterocycles. The van der Waals surface area contributed by atoms with Crippen molar-refractivity contribution in [3.05, 3.63) is 29.3 Å². The van der Waals surface area contributed by atoms with Crippen LogP contribution in [-0.4, -0.2) is 41.6 Å². The molecule has 1 fully saturated rings. The number of hydrogen-bond donors (Lipinski definition) is 2. The van der Waals surface area contributed by atoms with Gasteiger partial charge in [0, 0.05) is 4.11 Å². The fourth-order valence-electron chi connectivity index (χ4n) is 2.28. The molecule has 1 aliphatic rings. The van der Waals surface area contributed by atoms with Crippen molar-refractivity contribution in [2.24, 2.45) is 0 Å². The van der Waals surface area contributed by atoms with Gasteiger partial charge in [0.1, 0.15) is 0 Å². The lowest BCUT2D eigenvalue weighted by Gasteiger charge is -2.32. The van der Waals surface area contributed by atoms with E-state index in [0.717, 1.165) is 18.2 Å². The molecular formula is C16H23BF2O4. The van der Waals surface area contributed by atoms with Gasteiger partial charge in [-0.2, -0.15) is 0 Å². The Bertz CT molecular complexity index is 666. The van der Waals surface area contributed by atoms with Crippen LogP contribution in [0, 0.1) is 6.85 Å². The summed E-state index contributed by atoms with van der Waals surface area (Å²) < 4.78 is 61.3. The van der Waals surface area contributed by atoms with Gasteiger partial charge in [-0.05, 0) is 45.6 Å². The van der Waals surface area contributed by atoms with Crippen LogP contribution in [0.1, 0.15) is 42.9 Å². The minimum absolute atomic E-state index is 0.0219. The van der Waals surface area contributed by atoms with Crippen molar-refractivity contribution in [2.75, 3.05) is 6.61 Å². The molecule has 1 aliphatic heterocycles. The number of aryl methyl sites for hydroxylation is 1. The SMILES string of the molecule is [2H]C([2H])([2H])c1ccc(C(O)(CO)C(F)F)cc1B1OC(C)(C)C(C)(C)O1. The van der Waals surface area contributed by atoms with E-state index in [4.69, 9.17) is 13.4 Å². The molecule has 0 aromatic heterocycles. The lowest BCUT2D eigenvalue weighted by molar-refractivity contribution is -0.129. The van der Waals surface area contributed by atoms with Crippen LogP contribution in [0.4, 0.5) is 8.78 Å². The average Bonchev–Trinajstić information content (AvgIpc) is 2.72. The second-order valence-corrected chi connectivity index (χ2v) is 6.77. The molecule has 0 amide bonds. The van der Waals surface area contributed by atoms with Gasteiger partial charge in [-0.3, -0.25) is 0 Å². The molecule has 1 unspecified atom stereocenters. The Morgan fingerprint density at radius 2 is 1.83 bits per heavy atom. The molecule has 4 nitrogen and oxygen atoms in total. The van der Waals surface area contributed by atoms with E-state index in [1.807, 2.05) is 0 Å². The van der Waals surface area contributed by atoms with E-state index in [9.17, 15) is 19.0 Å². The van der Waals surface area contributed by atoms with Gasteiger partial charge in [0.15, 0.2) is 5.60 Å². The van der Waals surface area contributed by atoms with Crippen LogP contribution in [-0.2, 0) is 14.9 Å². The van der Waals surface area contributed by atoms with Crippen LogP contribution in [0.2, 0.25) is 0 Å². The molecule has 0 bridgehead atoms. The Morgan fingerprint density at radius 3 is 2.26 bits per heavy atom. The number of halogens is 2. The number of benzene rings is 1. The van der Waals surface area contributed by atoms with Gasteiger partial charge in [-0.15, -0.1) is 0 Å². The predicted octanol–water partition coefficient (Wildman–Crippen LogP) is 1.74. The average molecular weight is 331 g/mol. The van der Waals surface area contributed by atoms with Crippen molar-refractivity contribution in [2.45, 2.75) is 57.8 Å². The topological polar surface area (TPSA) is 58.9 Å². The highest BCUT2D eigenvalue weighted by molar-refractivity contribution is 6.62. The number of aliphatic hydroxyl groups excluding tert-OH is 1. The highest BCUT2D eigenvalue weighted by Crippen LogP contribution is 2.37. The Kier molecular flexibility index (Phi) is 3.62. The molecule has 1 aromatic carbocycles. The highest BCUT2D eigenvalue weighted by atomic mass is 19.3. The first-order valence-electron chi connectivity index (χ1n) is 8.77. The zero-order chi connectivity index (χ0) is 20.1. The monoisotopic (exact) mass is 331 g/mol. The molecule has 23 heavy (non-hydrogen) atoms. The summed E-state index contributed by atoms with van der Waals surface area (Å²) in [6, 6.07) is 3.30. The third kappa shape index (κ3) is 3.03. The Balaban J connectivity index is 2.61. The zero-order valence-corrected chi connectivity index (χ0v) is 13.6. The van der Waals surface area contributed by atoms with E-state index in [1.165, 1.54) is 0 Å². The molecule has 128 valence electrons. The van der Waals surface area contributed by atoms with Crippen LogP contribution >= 0.6 is 0 Å². The second-order valence-electron chi connectivity index (χ2n) is 6.77. The molecule has 0 aliphatic carbocycles. The van der Waals surface area contributed by atoms with E-state index in [-0.39, 0.29) is 16.6 Å². The summed E-state index contributed by atoms with van der Waals surface area (Å²) in [5.74, 6) is 0. The lowest BCUT2D eigenvalue weighted by Crippen LogP contribution is -2.41. The first-order chi connectivity index (χ1) is 11.7. The van der Waals surface area contributed by atoms with Crippen LogP contribution in [0.25, 0.3) is 0 Å². The number of aliphatic hydroxyl groups is 2. The highest BCUT2D eigenvalue weighted by Gasteiger charge is 2.52. The number of rotatable bonds is 4. The molecule has 0 saturated carbocycles. The van der Waals surface area contributed by atoms with Gasteiger partial charge in [0.2, 0.25) is 0 Å². The van der Waals surface area contributed by atoms with Crippen molar-refractivity contribution in [1.29, 1.82) is 0 Å². The van der Waals surface area contributed by atoms with Crippen LogP contribution in [0.15, 0.2) is 18.2 Å². The van der Waals surface area contributed by atoms with Crippen LogP contribution < -0.4 is 5.46 Å². The fourth-order valence-corrected chi connectivity index (χ4v) is 2.28. The molecule has 1 saturated heterocycles. The van der Waals surface area contributed by atoms with Gasteiger partial charge in [0.05, 0.1) is 17.8 Å². The minimum Gasteiger partial charge on any atom is -0.399 e. The maximum Gasteiger partial charge on any atom is 0.495 e. The molecular weight excluding hydrogens is 305 g/mol. The smallest absolute Gasteiger partial charge is 0.399 e. The number of hydrogen-bond acceptors (Lipinski definition) is 4. The normalized spacial score (nSPS) is 24.9. The predicted molar refractivity (Wildman–Crippen MR) is 83.9 cm³/mol. The second kappa shape index (κ2) is 5.81. The van der Waals surface area contributed by atoms with E-state index < -0.39 is 43.8 Å². The molecule has 2 N–H and O–H groups in total. The summed E-state index contributed by atoms with van der Waals surface area (Å²) in [5, 5.41) is 19.4. The Labute approximate surface area is 139 Å². The summed E-state index contributed by atoms with van der Waals surface area (Å²) in [7, 11) is -1.11. The van der Waals surface area contributed by atoms with Gasteiger partial charge < -0.3 is 19.5 Å². The van der Waals surface area contributed by atoms with Gasteiger partial charge in [-0.1, -0.05) is 23.8 Å². The Morgan fingerprint density at radius 1 is 1.26 bits per heavy atom. The van der Waals surface area contributed by atoms with E-state index in [0.29, 0.717) is 0 Å². The van der Waals surface area contributed by atoms with Crippen molar-refractivity contribution < 1.29 is 32.4 Å². The van der Waals surface area contributed by atoms with Crippen molar-refractivity contribution >= 4 is 12.6 Å². The van der Waals surface area contributed by atoms with Gasteiger partial charge in [-0.25, -0.2) is 8.78 Å². The maximum atomic E-state index is 13.3. The molecule has 0 spiro atoms. The van der Waals surface area contributed by atoms with Crippen molar-refractivity contribution in [3.8, 4) is 0 Å². The van der Waals surface area contributed by atoms with Gasteiger partial charge >= 0.3 is 7.12 Å². The van der Waals surface area contributed by atoms with Crippen LogP contribution in [0.3, 0.4) is 0 Å². The summed E-state index contributed by atoms with van der Waals surface area (Å²) in [5.41, 5.74) is -4.77. The van der Waals surface area contributed by atoms with E-state index in [1.54, 1.807) is 27.7 Å². The van der Waals surface area contributed by atoms with E-state index >= 15 is 0 Å². The largest absolute Gasteiger partial charge is 0.495 e. The Hall–Kier alpha value is -1.02. The summed E-state index contributed by atoms with van der Waals surface area (Å²) >= 11 is 0. The summed E-state index contributed by atoms with van der Waals surface area (Å²) in [6.45, 7) is 3.33. The summed E-state index contributed by atoms with van der Waals surface area (Å²) in [6.07, 6.45) is -3.27. The summed E-state index contributed by atoms with van der Waals surface area (Å²) in [4.78, 5) is 0. The van der Waals surface area contributed by atoms with E-state index in [2.05, 4.69) is 0 Å². The van der Waals surface area contributed by atoms with Gasteiger partial charge in [0.25, 0.3) is 6.43 Å². The zero-order valence-electron chi connectivity index (χ0n) is 16.6. The molecule has 1 aromatic rings. The van der Waals surface area contributed by atoms with Crippen molar-refractivity contribution in [1.82, 2.24) is 0 Å². The number of alkyl halides is 2. The molecule has 2 rings (SSSR count). The lowest BCUT2D eigenvalue weighted by atomic mass is 9.74. The molecule has 1 atom stereocenters. The first-order valence-corrected chi connectivity index (χ1v) is 7.27. The standard InChI is InChI=1S/C16H23BF2O4/c1-10-6-7-11(16(21,9-20)13(18)19)8-12(10)17-22-14(2,3)15(4,5)23-17/h6-8,13,20-21H,9H2,1-5H3/i1D3.